The molecule has 2 nitrogen and oxygen atoms in total. The number of hydrogen-bond donors (Lipinski definition) is 1. The second-order valence-corrected chi connectivity index (χ2v) is 2.51. The Kier molecular flexibility index (Phi) is 5.75. The molecule has 0 aromatic carbocycles. The lowest BCUT2D eigenvalue weighted by atomic mass is 10.1. The Hall–Kier alpha value is -0.630. The van der Waals surface area contributed by atoms with Gasteiger partial charge in [0.15, 0.2) is 0 Å². The van der Waals surface area contributed by atoms with Crippen LogP contribution >= 0.6 is 0 Å². The Bertz CT molecular complexity index is 155. The van der Waals surface area contributed by atoms with E-state index in [1.165, 1.54) is 6.08 Å². The highest BCUT2D eigenvalue weighted by Crippen LogP contribution is 2.03. The molecule has 0 aliphatic rings. The Labute approximate surface area is 69.3 Å². The summed E-state index contributed by atoms with van der Waals surface area (Å²) in [5.41, 5.74) is 0. The molecule has 1 unspecified atom stereocenters. The third kappa shape index (κ3) is 7.26. The molecule has 0 radical (unpaired) electrons. The summed E-state index contributed by atoms with van der Waals surface area (Å²) in [7, 11) is 0. The minimum atomic E-state index is -0.630. The molecule has 1 N–H and O–H groups in total. The van der Waals surface area contributed by atoms with Crippen LogP contribution in [0.2, 0.25) is 0 Å². The third-order valence-electron chi connectivity index (χ3n) is 1.46. The number of carbonyl (C=O) groups is 1. The van der Waals surface area contributed by atoms with Crippen molar-refractivity contribution in [3.8, 4) is 0 Å². The van der Waals surface area contributed by atoms with Crippen LogP contribution < -0.4 is 0 Å². The van der Waals surface area contributed by atoms with E-state index in [0.717, 1.165) is 19.3 Å². The minimum absolute atomic E-state index is 0.140. The Morgan fingerprint density at radius 2 is 2.36 bits per heavy atom. The number of allylic oxidation sites excluding steroid dienone is 1. The first-order valence-corrected chi connectivity index (χ1v) is 4.02. The molecule has 2 heteroatoms. The van der Waals surface area contributed by atoms with E-state index in [1.54, 1.807) is 0 Å². The van der Waals surface area contributed by atoms with Crippen molar-refractivity contribution >= 4 is 6.29 Å². The smallest absolute Gasteiger partial charge is 0.142 e. The minimum Gasteiger partial charge on any atom is -0.389 e. The Morgan fingerprint density at radius 1 is 1.64 bits per heavy atom. The Morgan fingerprint density at radius 3 is 2.91 bits per heavy atom. The van der Waals surface area contributed by atoms with Crippen LogP contribution in [-0.2, 0) is 4.79 Å². The molecule has 0 aromatic heterocycles. The monoisotopic (exact) mass is 157 g/mol. The number of aliphatic hydroxyl groups excluding tert-OH is 1. The van der Waals surface area contributed by atoms with Gasteiger partial charge in [0.05, 0.1) is 7.47 Å². The lowest BCUT2D eigenvalue weighted by Gasteiger charge is -2.02. The number of carbonyl (C=O) groups excluding carboxylic acids is 1. The molecule has 0 heterocycles. The van der Waals surface area contributed by atoms with Gasteiger partial charge in [-0.05, 0) is 12.5 Å². The number of rotatable bonds is 6. The fourth-order valence-corrected chi connectivity index (χ4v) is 0.837. The molecule has 0 fully saturated rings. The molecular formula is C9H16O2. The first kappa shape index (κ1) is 8.47. The van der Waals surface area contributed by atoms with Gasteiger partial charge in [0.25, 0.3) is 0 Å². The zero-order chi connectivity index (χ0) is 9.40. The molecule has 0 bridgehead atoms. The van der Waals surface area contributed by atoms with E-state index in [9.17, 15) is 9.90 Å². The van der Waals surface area contributed by atoms with Crippen molar-refractivity contribution in [2.45, 2.75) is 38.7 Å². The molecule has 0 aliphatic heterocycles. The van der Waals surface area contributed by atoms with Crippen LogP contribution in [-0.4, -0.2) is 17.5 Å². The van der Waals surface area contributed by atoms with Crippen LogP contribution in [0.1, 0.15) is 34.0 Å². The second kappa shape index (κ2) is 7.48. The quantitative estimate of drug-likeness (QED) is 0.362. The van der Waals surface area contributed by atoms with Crippen molar-refractivity contribution in [3.05, 3.63) is 12.1 Å². The number of hydrogen-bond acceptors (Lipinski definition) is 2. The standard InChI is InChI=1S/C9H16O2/c1-2-3-4-6-9(11)7-5-8-10/h5,7-9,11H,2-4,6H2,1H3/i5D. The van der Waals surface area contributed by atoms with Gasteiger partial charge in [-0.3, -0.25) is 4.79 Å². The fraction of sp³-hybridized carbons (Fsp3) is 0.667. The number of unbranched alkanes of at least 4 members (excludes halogenated alkanes) is 2. The summed E-state index contributed by atoms with van der Waals surface area (Å²) in [5, 5.41) is 9.22. The average Bonchev–Trinajstić information content (AvgIpc) is 2.05. The zero-order valence-electron chi connectivity index (χ0n) is 7.92. The summed E-state index contributed by atoms with van der Waals surface area (Å²) in [6, 6.07) is -0.140. The summed E-state index contributed by atoms with van der Waals surface area (Å²) < 4.78 is 6.96. The van der Waals surface area contributed by atoms with Crippen molar-refractivity contribution in [1.29, 1.82) is 0 Å². The van der Waals surface area contributed by atoms with Gasteiger partial charge in [0.1, 0.15) is 6.29 Å². The highest BCUT2D eigenvalue weighted by molar-refractivity contribution is 5.64. The van der Waals surface area contributed by atoms with E-state index < -0.39 is 6.10 Å². The van der Waals surface area contributed by atoms with Gasteiger partial charge in [0.2, 0.25) is 0 Å². The van der Waals surface area contributed by atoms with E-state index in [4.69, 9.17) is 1.37 Å². The first-order valence-electron chi connectivity index (χ1n) is 4.52. The van der Waals surface area contributed by atoms with E-state index >= 15 is 0 Å². The molecule has 11 heavy (non-hydrogen) atoms. The zero-order valence-corrected chi connectivity index (χ0v) is 6.92. The molecule has 64 valence electrons. The second-order valence-electron chi connectivity index (χ2n) is 2.51. The molecule has 1 atom stereocenters. The molecule has 0 saturated carbocycles. The lowest BCUT2D eigenvalue weighted by molar-refractivity contribution is -0.104. The van der Waals surface area contributed by atoms with Crippen LogP contribution in [0.5, 0.6) is 0 Å². The van der Waals surface area contributed by atoms with Crippen molar-refractivity contribution in [3.63, 3.8) is 0 Å². The summed E-state index contributed by atoms with van der Waals surface area (Å²) in [6.07, 6.45) is 4.86. The van der Waals surface area contributed by atoms with E-state index in [0.29, 0.717) is 12.7 Å². The van der Waals surface area contributed by atoms with Gasteiger partial charge in [0, 0.05) is 0 Å². The number of aliphatic hydroxyl groups is 1. The molecule has 0 amide bonds. The normalized spacial score (nSPS) is 15.8. The topological polar surface area (TPSA) is 37.3 Å². The fourth-order valence-electron chi connectivity index (χ4n) is 0.837. The van der Waals surface area contributed by atoms with Gasteiger partial charge in [-0.25, -0.2) is 0 Å². The van der Waals surface area contributed by atoms with Crippen LogP contribution in [0.3, 0.4) is 0 Å². The molecule has 0 spiro atoms. The molecule has 0 aliphatic carbocycles. The van der Waals surface area contributed by atoms with Gasteiger partial charge >= 0.3 is 0 Å². The van der Waals surface area contributed by atoms with Crippen LogP contribution in [0.4, 0.5) is 0 Å². The molecule has 0 saturated heterocycles. The predicted molar refractivity (Wildman–Crippen MR) is 45.4 cm³/mol. The average molecular weight is 157 g/mol. The SMILES string of the molecule is [2H]C(C=O)=CC(O)CCCCC. The van der Waals surface area contributed by atoms with Crippen LogP contribution in [0.15, 0.2) is 12.1 Å². The van der Waals surface area contributed by atoms with Gasteiger partial charge in [-0.15, -0.1) is 0 Å². The van der Waals surface area contributed by atoms with Crippen molar-refractivity contribution in [1.82, 2.24) is 0 Å². The van der Waals surface area contributed by atoms with Crippen molar-refractivity contribution in [2.24, 2.45) is 0 Å². The first-order chi connectivity index (χ1) is 5.70. The van der Waals surface area contributed by atoms with E-state index in [1.807, 2.05) is 0 Å². The van der Waals surface area contributed by atoms with Gasteiger partial charge in [-0.1, -0.05) is 32.3 Å². The van der Waals surface area contributed by atoms with Crippen LogP contribution in [0, 0.1) is 0 Å². The molecule has 0 aromatic rings. The van der Waals surface area contributed by atoms with Crippen molar-refractivity contribution < 1.29 is 11.3 Å². The summed E-state index contributed by atoms with van der Waals surface area (Å²) >= 11 is 0. The molecule has 0 rings (SSSR count). The number of aldehydes is 1. The largest absolute Gasteiger partial charge is 0.389 e. The highest BCUT2D eigenvalue weighted by Gasteiger charge is 1.96. The summed E-state index contributed by atoms with van der Waals surface area (Å²) in [4.78, 5) is 10.0. The lowest BCUT2D eigenvalue weighted by Crippen LogP contribution is -2.01. The maximum atomic E-state index is 10.0. The maximum absolute atomic E-state index is 10.0. The van der Waals surface area contributed by atoms with E-state index in [-0.39, 0.29) is 6.05 Å². The van der Waals surface area contributed by atoms with Gasteiger partial charge in [-0.2, -0.15) is 0 Å². The highest BCUT2D eigenvalue weighted by atomic mass is 16.3. The maximum Gasteiger partial charge on any atom is 0.142 e. The molecular weight excluding hydrogens is 140 g/mol. The van der Waals surface area contributed by atoms with E-state index in [2.05, 4.69) is 6.92 Å². The summed E-state index contributed by atoms with van der Waals surface area (Å²) in [6.45, 7) is 2.09. The van der Waals surface area contributed by atoms with Gasteiger partial charge < -0.3 is 5.11 Å². The summed E-state index contributed by atoms with van der Waals surface area (Å²) in [5.74, 6) is 0. The van der Waals surface area contributed by atoms with Crippen LogP contribution in [0.25, 0.3) is 0 Å². The van der Waals surface area contributed by atoms with Crippen molar-refractivity contribution in [2.75, 3.05) is 0 Å². The Balaban J connectivity index is 3.58. The predicted octanol–water partition coefficient (Wildman–Crippen LogP) is 1.68. The third-order valence-corrected chi connectivity index (χ3v) is 1.46.